The molecule has 0 radical (unpaired) electrons. The predicted molar refractivity (Wildman–Crippen MR) is 61.2 cm³/mol. The fourth-order valence-corrected chi connectivity index (χ4v) is 1.75. The van der Waals surface area contributed by atoms with Crippen LogP contribution in [0.3, 0.4) is 0 Å². The van der Waals surface area contributed by atoms with Gasteiger partial charge in [0.2, 0.25) is 0 Å². The van der Waals surface area contributed by atoms with Crippen molar-refractivity contribution in [1.82, 2.24) is 10.2 Å². The van der Waals surface area contributed by atoms with Crippen LogP contribution in [0, 0.1) is 0 Å². The van der Waals surface area contributed by atoms with E-state index in [2.05, 4.69) is 10.2 Å². The van der Waals surface area contributed by atoms with E-state index >= 15 is 0 Å². The highest BCUT2D eigenvalue weighted by Crippen LogP contribution is 1.97. The topological polar surface area (TPSA) is 33.7 Å². The second-order valence-electron chi connectivity index (χ2n) is 3.90. The van der Waals surface area contributed by atoms with Gasteiger partial charge in [0, 0.05) is 13.7 Å². The summed E-state index contributed by atoms with van der Waals surface area (Å²) >= 11 is 0. The van der Waals surface area contributed by atoms with Crippen molar-refractivity contribution in [1.29, 1.82) is 0 Å². The number of hydrogen-bond donors (Lipinski definition) is 1. The SMILES string of the molecule is COCCOCCN1CCCNCCC1. The maximum absolute atomic E-state index is 5.47. The Bertz CT molecular complexity index is 137. The van der Waals surface area contributed by atoms with E-state index in [1.165, 1.54) is 25.9 Å². The average molecular weight is 216 g/mol. The molecule has 4 nitrogen and oxygen atoms in total. The van der Waals surface area contributed by atoms with E-state index in [-0.39, 0.29) is 0 Å². The van der Waals surface area contributed by atoms with Crippen molar-refractivity contribution >= 4 is 0 Å². The van der Waals surface area contributed by atoms with Crippen molar-refractivity contribution in [3.8, 4) is 0 Å². The van der Waals surface area contributed by atoms with Gasteiger partial charge in [-0.2, -0.15) is 0 Å². The summed E-state index contributed by atoms with van der Waals surface area (Å²) in [6, 6.07) is 0. The molecule has 0 aliphatic carbocycles. The van der Waals surface area contributed by atoms with Crippen molar-refractivity contribution < 1.29 is 9.47 Å². The highest BCUT2D eigenvalue weighted by atomic mass is 16.5. The van der Waals surface area contributed by atoms with E-state index in [4.69, 9.17) is 9.47 Å². The Morgan fingerprint density at radius 3 is 2.47 bits per heavy atom. The molecule has 1 aliphatic heterocycles. The highest BCUT2D eigenvalue weighted by molar-refractivity contribution is 4.63. The summed E-state index contributed by atoms with van der Waals surface area (Å²) in [4.78, 5) is 2.49. The van der Waals surface area contributed by atoms with Crippen molar-refractivity contribution in [3.05, 3.63) is 0 Å². The minimum Gasteiger partial charge on any atom is -0.382 e. The molecule has 0 unspecified atom stereocenters. The lowest BCUT2D eigenvalue weighted by molar-refractivity contribution is 0.0562. The maximum Gasteiger partial charge on any atom is 0.0700 e. The van der Waals surface area contributed by atoms with Gasteiger partial charge in [0.25, 0.3) is 0 Å². The minimum absolute atomic E-state index is 0.698. The molecular weight excluding hydrogens is 192 g/mol. The zero-order chi connectivity index (χ0) is 10.8. The summed E-state index contributed by atoms with van der Waals surface area (Å²) < 4.78 is 10.4. The molecule has 90 valence electrons. The molecule has 15 heavy (non-hydrogen) atoms. The summed E-state index contributed by atoms with van der Waals surface area (Å²) in [5, 5.41) is 3.42. The smallest absolute Gasteiger partial charge is 0.0700 e. The van der Waals surface area contributed by atoms with Gasteiger partial charge in [0.1, 0.15) is 0 Å². The summed E-state index contributed by atoms with van der Waals surface area (Å²) in [5.74, 6) is 0. The van der Waals surface area contributed by atoms with Crippen molar-refractivity contribution in [2.24, 2.45) is 0 Å². The lowest BCUT2D eigenvalue weighted by Gasteiger charge is -2.24. The first-order chi connectivity index (χ1) is 7.43. The Kier molecular flexibility index (Phi) is 7.83. The third-order valence-corrected chi connectivity index (χ3v) is 2.64. The van der Waals surface area contributed by atoms with Crippen molar-refractivity contribution in [2.75, 3.05) is 59.7 Å². The number of ether oxygens (including phenoxy) is 2. The zero-order valence-corrected chi connectivity index (χ0v) is 9.83. The Hall–Kier alpha value is -0.160. The van der Waals surface area contributed by atoms with Crippen LogP contribution in [0.5, 0.6) is 0 Å². The molecule has 0 aromatic carbocycles. The van der Waals surface area contributed by atoms with Crippen molar-refractivity contribution in [2.45, 2.75) is 12.8 Å². The number of nitrogens with zero attached hydrogens (tertiary/aromatic N) is 1. The lowest BCUT2D eigenvalue weighted by Crippen LogP contribution is -2.36. The molecule has 0 spiro atoms. The Morgan fingerprint density at radius 2 is 1.80 bits per heavy atom. The van der Waals surface area contributed by atoms with Gasteiger partial charge in [-0.3, -0.25) is 0 Å². The van der Waals surface area contributed by atoms with Crippen LogP contribution in [0.15, 0.2) is 0 Å². The summed E-state index contributed by atoms with van der Waals surface area (Å²) in [7, 11) is 1.70. The van der Waals surface area contributed by atoms with Gasteiger partial charge in [0.15, 0.2) is 0 Å². The molecule has 1 rings (SSSR count). The molecule has 0 amide bonds. The second-order valence-corrected chi connectivity index (χ2v) is 3.90. The normalized spacial score (nSPS) is 19.8. The minimum atomic E-state index is 0.698. The van der Waals surface area contributed by atoms with E-state index in [9.17, 15) is 0 Å². The van der Waals surface area contributed by atoms with Crippen LogP contribution in [0.25, 0.3) is 0 Å². The molecule has 0 bridgehead atoms. The fraction of sp³-hybridized carbons (Fsp3) is 1.00. The van der Waals surface area contributed by atoms with Gasteiger partial charge in [-0.05, 0) is 39.0 Å². The predicted octanol–water partition coefficient (Wildman–Crippen LogP) is 0.335. The first-order valence-electron chi connectivity index (χ1n) is 5.93. The van der Waals surface area contributed by atoms with Crippen LogP contribution in [0.4, 0.5) is 0 Å². The van der Waals surface area contributed by atoms with Gasteiger partial charge in [-0.15, -0.1) is 0 Å². The zero-order valence-electron chi connectivity index (χ0n) is 9.83. The molecule has 1 N–H and O–H groups in total. The third kappa shape index (κ3) is 6.84. The molecule has 1 fully saturated rings. The molecule has 0 aromatic heterocycles. The van der Waals surface area contributed by atoms with Gasteiger partial charge >= 0.3 is 0 Å². The largest absolute Gasteiger partial charge is 0.382 e. The number of nitrogens with one attached hydrogen (secondary N) is 1. The standard InChI is InChI=1S/C11H24N2O2/c1-14-10-11-15-9-8-13-6-2-4-12-5-3-7-13/h12H,2-11H2,1H3. The molecular formula is C11H24N2O2. The highest BCUT2D eigenvalue weighted by Gasteiger charge is 2.06. The van der Waals surface area contributed by atoms with E-state index in [0.29, 0.717) is 13.2 Å². The molecule has 0 atom stereocenters. The molecule has 1 saturated heterocycles. The quantitative estimate of drug-likeness (QED) is 0.649. The van der Waals surface area contributed by atoms with Crippen LogP contribution in [0.2, 0.25) is 0 Å². The summed E-state index contributed by atoms with van der Waals surface area (Å²) in [6.45, 7) is 8.00. The summed E-state index contributed by atoms with van der Waals surface area (Å²) in [6.07, 6.45) is 2.50. The van der Waals surface area contributed by atoms with Gasteiger partial charge in [0.05, 0.1) is 19.8 Å². The van der Waals surface area contributed by atoms with Gasteiger partial charge in [-0.1, -0.05) is 0 Å². The maximum atomic E-state index is 5.47. The Balaban J connectivity index is 1.97. The van der Waals surface area contributed by atoms with Crippen LogP contribution < -0.4 is 5.32 Å². The summed E-state index contributed by atoms with van der Waals surface area (Å²) in [5.41, 5.74) is 0. The van der Waals surface area contributed by atoms with E-state index in [1.807, 2.05) is 0 Å². The number of hydrogen-bond acceptors (Lipinski definition) is 4. The average Bonchev–Trinajstić information content (AvgIpc) is 2.20. The lowest BCUT2D eigenvalue weighted by atomic mass is 10.3. The molecule has 0 aromatic rings. The first kappa shape index (κ1) is 12.9. The van der Waals surface area contributed by atoms with Gasteiger partial charge < -0.3 is 19.7 Å². The fourth-order valence-electron chi connectivity index (χ4n) is 1.75. The van der Waals surface area contributed by atoms with Crippen LogP contribution in [-0.4, -0.2) is 64.6 Å². The Morgan fingerprint density at radius 1 is 1.07 bits per heavy atom. The molecule has 1 heterocycles. The van der Waals surface area contributed by atoms with E-state index in [0.717, 1.165) is 26.2 Å². The second kappa shape index (κ2) is 9.09. The van der Waals surface area contributed by atoms with Crippen molar-refractivity contribution in [3.63, 3.8) is 0 Å². The molecule has 0 saturated carbocycles. The first-order valence-corrected chi connectivity index (χ1v) is 5.93. The third-order valence-electron chi connectivity index (χ3n) is 2.64. The van der Waals surface area contributed by atoms with Crippen LogP contribution >= 0.6 is 0 Å². The monoisotopic (exact) mass is 216 g/mol. The number of rotatable bonds is 6. The van der Waals surface area contributed by atoms with E-state index < -0.39 is 0 Å². The van der Waals surface area contributed by atoms with Crippen LogP contribution in [-0.2, 0) is 9.47 Å². The molecule has 4 heteroatoms. The van der Waals surface area contributed by atoms with E-state index in [1.54, 1.807) is 7.11 Å². The van der Waals surface area contributed by atoms with Gasteiger partial charge in [-0.25, -0.2) is 0 Å². The Labute approximate surface area is 92.9 Å². The number of methoxy groups -OCH3 is 1. The molecule has 1 aliphatic rings. The van der Waals surface area contributed by atoms with Crippen LogP contribution in [0.1, 0.15) is 12.8 Å².